The van der Waals surface area contributed by atoms with Crippen LogP contribution in [0.25, 0.3) is 11.1 Å². The van der Waals surface area contributed by atoms with E-state index in [1.807, 2.05) is 6.92 Å². The van der Waals surface area contributed by atoms with Crippen LogP contribution in [0.15, 0.2) is 83.8 Å². The van der Waals surface area contributed by atoms with E-state index in [2.05, 4.69) is 4.98 Å². The molecule has 0 spiro atoms. The second-order valence-electron chi connectivity index (χ2n) is 8.27. The Morgan fingerprint density at radius 1 is 0.838 bits per heavy atom. The highest BCUT2D eigenvalue weighted by atomic mass is 35.5. The Balaban J connectivity index is 2.15. The van der Waals surface area contributed by atoms with Crippen LogP contribution in [0, 0.1) is 6.92 Å². The van der Waals surface area contributed by atoms with E-state index < -0.39 is 27.0 Å². The van der Waals surface area contributed by atoms with E-state index in [0.29, 0.717) is 5.56 Å². The largest absolute Gasteiger partial charge is 0.465 e. The highest BCUT2D eigenvalue weighted by molar-refractivity contribution is 7.92. The summed E-state index contributed by atoms with van der Waals surface area (Å²) in [5, 5.41) is -1.20. The van der Waals surface area contributed by atoms with Gasteiger partial charge in [-0.05, 0) is 36.2 Å². The number of aryl methyl sites for hydroxylation is 1. The first-order chi connectivity index (χ1) is 17.7. The van der Waals surface area contributed by atoms with Crippen LogP contribution in [0.2, 0.25) is 5.02 Å². The summed E-state index contributed by atoms with van der Waals surface area (Å²) in [6, 6.07) is 21.7. The number of nitrogens with one attached hydrogen (secondary N) is 1. The number of methoxy groups -OCH3 is 2. The van der Waals surface area contributed by atoms with Gasteiger partial charge in [0.2, 0.25) is 0 Å². The van der Waals surface area contributed by atoms with Gasteiger partial charge in [0.15, 0.2) is 9.84 Å². The molecular weight excluding hydrogens is 514 g/mol. The molecule has 0 fully saturated rings. The van der Waals surface area contributed by atoms with E-state index in [1.54, 1.807) is 66.7 Å². The van der Waals surface area contributed by atoms with Gasteiger partial charge < -0.3 is 14.5 Å². The fourth-order valence-electron chi connectivity index (χ4n) is 4.21. The Bertz CT molecular complexity index is 1560. The van der Waals surface area contributed by atoms with Crippen LogP contribution in [0.5, 0.6) is 0 Å². The first-order valence-electron chi connectivity index (χ1n) is 11.2. The standard InChI is InChI=1S/C28H24ClNO6S/c1-17-13-15-19(16-14-17)37(33,34)26(20-11-7-8-12-21(20)29)24-22(18-9-5-4-6-10-18)23(27(31)35-2)25(30-24)28(32)36-3/h4-16,26,30H,1-3H3. The van der Waals surface area contributed by atoms with Crippen molar-refractivity contribution >= 4 is 33.4 Å². The van der Waals surface area contributed by atoms with Crippen LogP contribution in [0.3, 0.4) is 0 Å². The van der Waals surface area contributed by atoms with Crippen LogP contribution in [0.1, 0.15) is 42.9 Å². The van der Waals surface area contributed by atoms with E-state index in [-0.39, 0.29) is 38.0 Å². The van der Waals surface area contributed by atoms with Crippen LogP contribution >= 0.6 is 11.6 Å². The van der Waals surface area contributed by atoms with Crippen molar-refractivity contribution in [2.75, 3.05) is 14.2 Å². The van der Waals surface area contributed by atoms with Crippen LogP contribution < -0.4 is 0 Å². The second kappa shape index (κ2) is 10.6. The van der Waals surface area contributed by atoms with Gasteiger partial charge >= 0.3 is 11.9 Å². The molecule has 0 saturated heterocycles. The Hall–Kier alpha value is -3.88. The molecule has 1 heterocycles. The number of rotatable bonds is 7. The van der Waals surface area contributed by atoms with Gasteiger partial charge in [0, 0.05) is 16.3 Å². The Morgan fingerprint density at radius 2 is 1.43 bits per heavy atom. The number of aromatic amines is 1. The molecule has 0 radical (unpaired) electrons. The minimum Gasteiger partial charge on any atom is -0.465 e. The average Bonchev–Trinajstić information content (AvgIpc) is 3.29. The maximum Gasteiger partial charge on any atom is 0.355 e. The van der Waals surface area contributed by atoms with E-state index in [0.717, 1.165) is 5.56 Å². The zero-order chi connectivity index (χ0) is 26.7. The Morgan fingerprint density at radius 3 is 2.03 bits per heavy atom. The number of benzene rings is 3. The van der Waals surface area contributed by atoms with Crippen LogP contribution in [-0.4, -0.2) is 39.6 Å². The van der Waals surface area contributed by atoms with Crippen molar-refractivity contribution in [2.45, 2.75) is 17.1 Å². The van der Waals surface area contributed by atoms with Crippen molar-refractivity contribution < 1.29 is 27.5 Å². The minimum absolute atomic E-state index is 0.0517. The molecule has 9 heteroatoms. The predicted octanol–water partition coefficient (Wildman–Crippen LogP) is 5.78. The van der Waals surface area contributed by atoms with Crippen molar-refractivity contribution in [2.24, 2.45) is 0 Å². The highest BCUT2D eigenvalue weighted by Gasteiger charge is 2.39. The molecule has 37 heavy (non-hydrogen) atoms. The maximum atomic E-state index is 14.3. The topological polar surface area (TPSA) is 103 Å². The van der Waals surface area contributed by atoms with Crippen molar-refractivity contribution in [1.82, 2.24) is 4.98 Å². The average molecular weight is 538 g/mol. The minimum atomic E-state index is -4.17. The van der Waals surface area contributed by atoms with Gasteiger partial charge in [0.05, 0.1) is 19.1 Å². The molecular formula is C28H24ClNO6S. The number of H-pyrrole nitrogens is 1. The first-order valence-corrected chi connectivity index (χ1v) is 13.2. The van der Waals surface area contributed by atoms with Gasteiger partial charge in [-0.2, -0.15) is 0 Å². The smallest absolute Gasteiger partial charge is 0.355 e. The van der Waals surface area contributed by atoms with Crippen molar-refractivity contribution in [3.05, 3.63) is 112 Å². The van der Waals surface area contributed by atoms with E-state index in [4.69, 9.17) is 21.1 Å². The highest BCUT2D eigenvalue weighted by Crippen LogP contribution is 2.44. The molecule has 1 aromatic heterocycles. The fraction of sp³-hybridized carbons (Fsp3) is 0.143. The molecule has 0 aliphatic carbocycles. The molecule has 4 aromatic rings. The summed E-state index contributed by atoms with van der Waals surface area (Å²) in [4.78, 5) is 28.8. The summed E-state index contributed by atoms with van der Waals surface area (Å²) in [5.41, 5.74) is 1.59. The maximum absolute atomic E-state index is 14.3. The summed E-state index contributed by atoms with van der Waals surface area (Å²) >= 11 is 6.55. The summed E-state index contributed by atoms with van der Waals surface area (Å²) < 4.78 is 38.4. The number of ether oxygens (including phenoxy) is 2. The fourth-order valence-corrected chi connectivity index (χ4v) is 6.34. The van der Waals surface area contributed by atoms with E-state index in [1.165, 1.54) is 26.4 Å². The Kier molecular flexibility index (Phi) is 7.52. The molecule has 1 unspecified atom stereocenters. The molecule has 1 atom stereocenters. The SMILES string of the molecule is COC(=O)c1[nH]c(C(c2ccccc2Cl)S(=O)(=O)c2ccc(C)cc2)c(-c2ccccc2)c1C(=O)OC. The zero-order valence-electron chi connectivity index (χ0n) is 20.3. The van der Waals surface area contributed by atoms with Crippen molar-refractivity contribution in [1.29, 1.82) is 0 Å². The first kappa shape index (κ1) is 26.2. The van der Waals surface area contributed by atoms with Gasteiger partial charge in [-0.3, -0.25) is 0 Å². The van der Waals surface area contributed by atoms with Gasteiger partial charge in [-0.15, -0.1) is 0 Å². The summed E-state index contributed by atoms with van der Waals surface area (Å²) in [6.07, 6.45) is 0. The second-order valence-corrected chi connectivity index (χ2v) is 10.7. The van der Waals surface area contributed by atoms with E-state index in [9.17, 15) is 18.0 Å². The number of halogens is 1. The third-order valence-electron chi connectivity index (χ3n) is 5.98. The normalized spacial score (nSPS) is 12.1. The molecule has 1 N–H and O–H groups in total. The summed E-state index contributed by atoms with van der Waals surface area (Å²) in [5.74, 6) is -1.68. The lowest BCUT2D eigenvalue weighted by atomic mass is 9.96. The van der Waals surface area contributed by atoms with Gasteiger partial charge in [0.1, 0.15) is 16.5 Å². The van der Waals surface area contributed by atoms with Gasteiger partial charge in [0.25, 0.3) is 0 Å². The molecule has 3 aromatic carbocycles. The summed E-state index contributed by atoms with van der Waals surface area (Å²) in [7, 11) is -1.82. The van der Waals surface area contributed by atoms with Crippen LogP contribution in [-0.2, 0) is 19.3 Å². The number of hydrogen-bond donors (Lipinski definition) is 1. The zero-order valence-corrected chi connectivity index (χ0v) is 21.9. The molecule has 0 aliphatic heterocycles. The van der Waals surface area contributed by atoms with Crippen molar-refractivity contribution in [3.63, 3.8) is 0 Å². The number of carbonyl (C=O) groups excluding carboxylic acids is 2. The molecule has 190 valence electrons. The number of hydrogen-bond acceptors (Lipinski definition) is 6. The number of esters is 2. The molecule has 0 saturated carbocycles. The number of carbonyl (C=O) groups is 2. The number of aromatic nitrogens is 1. The predicted molar refractivity (Wildman–Crippen MR) is 141 cm³/mol. The lowest BCUT2D eigenvalue weighted by Gasteiger charge is -2.21. The van der Waals surface area contributed by atoms with Crippen LogP contribution in [0.4, 0.5) is 0 Å². The van der Waals surface area contributed by atoms with Crippen molar-refractivity contribution in [3.8, 4) is 11.1 Å². The van der Waals surface area contributed by atoms with Gasteiger partial charge in [-0.25, -0.2) is 18.0 Å². The Labute approximate surface area is 219 Å². The monoisotopic (exact) mass is 537 g/mol. The van der Waals surface area contributed by atoms with E-state index >= 15 is 0 Å². The third kappa shape index (κ3) is 4.90. The lowest BCUT2D eigenvalue weighted by molar-refractivity contribution is 0.0552. The molecule has 7 nitrogen and oxygen atoms in total. The third-order valence-corrected chi connectivity index (χ3v) is 8.36. The quantitative estimate of drug-likeness (QED) is 0.300. The lowest BCUT2D eigenvalue weighted by Crippen LogP contribution is -2.17. The summed E-state index contributed by atoms with van der Waals surface area (Å²) in [6.45, 7) is 1.85. The number of sulfone groups is 1. The van der Waals surface area contributed by atoms with Gasteiger partial charge in [-0.1, -0.05) is 77.8 Å². The molecule has 0 amide bonds. The molecule has 0 bridgehead atoms. The molecule has 4 rings (SSSR count). The molecule has 0 aliphatic rings.